The van der Waals surface area contributed by atoms with Crippen LogP contribution in [0.2, 0.25) is 0 Å². The fraction of sp³-hybridized carbons (Fsp3) is 0.154. The zero-order valence-electron chi connectivity index (χ0n) is 9.10. The number of benzene rings is 1. The molecule has 3 heteroatoms. The zero-order chi connectivity index (χ0) is 11.4. The number of hydrogen-bond acceptors (Lipinski definition) is 1. The summed E-state index contributed by atoms with van der Waals surface area (Å²) in [5.74, 6) is 1.40. The third kappa shape index (κ3) is 2.34. The van der Waals surface area contributed by atoms with Crippen LogP contribution >= 0.6 is 11.6 Å². The highest BCUT2D eigenvalue weighted by Gasteiger charge is 2.01. The lowest BCUT2D eigenvalue weighted by Gasteiger charge is -1.99. The van der Waals surface area contributed by atoms with E-state index in [2.05, 4.69) is 17.1 Å². The van der Waals surface area contributed by atoms with Crippen LogP contribution in [-0.4, -0.2) is 9.55 Å². The molecule has 0 aliphatic heterocycles. The van der Waals surface area contributed by atoms with E-state index in [0.29, 0.717) is 5.88 Å². The molecule has 0 fully saturated rings. The highest BCUT2D eigenvalue weighted by atomic mass is 35.5. The monoisotopic (exact) mass is 232 g/mol. The molecule has 0 bridgehead atoms. The van der Waals surface area contributed by atoms with Gasteiger partial charge in [0.2, 0.25) is 0 Å². The minimum atomic E-state index is 0.489. The molecule has 0 atom stereocenters. The Labute approximate surface area is 100 Å². The fourth-order valence-corrected chi connectivity index (χ4v) is 1.72. The molecule has 2 aromatic rings. The molecule has 1 aromatic heterocycles. The second kappa shape index (κ2) is 4.99. The Balaban J connectivity index is 2.21. The molecule has 0 radical (unpaired) electrons. The number of imidazole rings is 1. The lowest BCUT2D eigenvalue weighted by Crippen LogP contribution is -1.95. The van der Waals surface area contributed by atoms with Crippen molar-refractivity contribution in [2.75, 3.05) is 0 Å². The van der Waals surface area contributed by atoms with Gasteiger partial charge in [0.15, 0.2) is 0 Å². The van der Waals surface area contributed by atoms with E-state index in [0.717, 1.165) is 17.1 Å². The van der Waals surface area contributed by atoms with Crippen molar-refractivity contribution in [2.24, 2.45) is 7.05 Å². The standard InChI is InChI=1S/C13H13ClN2/c1-16-12(9-14)10-15-13(16)8-7-11-5-3-2-4-6-11/h2-8,10H,9H2,1H3. The van der Waals surface area contributed by atoms with Crippen molar-refractivity contribution in [3.05, 3.63) is 53.6 Å². The first-order chi connectivity index (χ1) is 7.81. The van der Waals surface area contributed by atoms with Crippen molar-refractivity contribution in [2.45, 2.75) is 5.88 Å². The van der Waals surface area contributed by atoms with Crippen LogP contribution < -0.4 is 0 Å². The van der Waals surface area contributed by atoms with Gasteiger partial charge in [-0.05, 0) is 11.6 Å². The van der Waals surface area contributed by atoms with Gasteiger partial charge in [0.05, 0.1) is 17.8 Å². The van der Waals surface area contributed by atoms with E-state index in [1.54, 1.807) is 6.20 Å². The van der Waals surface area contributed by atoms with Gasteiger partial charge >= 0.3 is 0 Å². The van der Waals surface area contributed by atoms with Crippen LogP contribution in [0.1, 0.15) is 17.1 Å². The molecule has 0 unspecified atom stereocenters. The molecule has 1 heterocycles. The number of nitrogens with zero attached hydrogens (tertiary/aromatic N) is 2. The van der Waals surface area contributed by atoms with Crippen LogP contribution in [0.4, 0.5) is 0 Å². The van der Waals surface area contributed by atoms with Crippen molar-refractivity contribution in [1.29, 1.82) is 0 Å². The number of halogens is 1. The van der Waals surface area contributed by atoms with E-state index in [4.69, 9.17) is 11.6 Å². The third-order valence-corrected chi connectivity index (χ3v) is 2.76. The summed E-state index contributed by atoms with van der Waals surface area (Å²) < 4.78 is 1.99. The highest BCUT2D eigenvalue weighted by molar-refractivity contribution is 6.16. The van der Waals surface area contributed by atoms with Crippen molar-refractivity contribution in [3.8, 4) is 0 Å². The number of alkyl halides is 1. The second-order valence-corrected chi connectivity index (χ2v) is 3.81. The van der Waals surface area contributed by atoms with Crippen LogP contribution in [0.25, 0.3) is 12.2 Å². The van der Waals surface area contributed by atoms with Gasteiger partial charge in [-0.3, -0.25) is 0 Å². The third-order valence-electron chi connectivity index (χ3n) is 2.48. The van der Waals surface area contributed by atoms with Crippen molar-refractivity contribution < 1.29 is 0 Å². The quantitative estimate of drug-likeness (QED) is 0.743. The molecule has 2 nitrogen and oxygen atoms in total. The van der Waals surface area contributed by atoms with E-state index in [1.807, 2.05) is 42.0 Å². The predicted octanol–water partition coefficient (Wildman–Crippen LogP) is 3.33. The Morgan fingerprint density at radius 2 is 2.00 bits per heavy atom. The molecule has 0 amide bonds. The second-order valence-electron chi connectivity index (χ2n) is 3.54. The van der Waals surface area contributed by atoms with E-state index in [1.165, 1.54) is 0 Å². The summed E-state index contributed by atoms with van der Waals surface area (Å²) in [6.45, 7) is 0. The summed E-state index contributed by atoms with van der Waals surface area (Å²) in [7, 11) is 1.97. The van der Waals surface area contributed by atoms with Gasteiger partial charge in [-0.2, -0.15) is 0 Å². The smallest absolute Gasteiger partial charge is 0.132 e. The van der Waals surface area contributed by atoms with E-state index >= 15 is 0 Å². The Morgan fingerprint density at radius 1 is 1.25 bits per heavy atom. The Morgan fingerprint density at radius 3 is 2.62 bits per heavy atom. The predicted molar refractivity (Wildman–Crippen MR) is 68.1 cm³/mol. The molecule has 0 saturated carbocycles. The van der Waals surface area contributed by atoms with Crippen LogP contribution in [-0.2, 0) is 12.9 Å². The first kappa shape index (κ1) is 11.0. The van der Waals surface area contributed by atoms with E-state index in [9.17, 15) is 0 Å². The number of rotatable bonds is 3. The fourth-order valence-electron chi connectivity index (χ4n) is 1.47. The molecule has 0 N–H and O–H groups in total. The lowest BCUT2D eigenvalue weighted by atomic mass is 10.2. The summed E-state index contributed by atoms with van der Waals surface area (Å²) in [4.78, 5) is 4.29. The van der Waals surface area contributed by atoms with Gasteiger partial charge in [0.1, 0.15) is 5.82 Å². The normalized spacial score (nSPS) is 11.1. The Kier molecular flexibility index (Phi) is 3.42. The zero-order valence-corrected chi connectivity index (χ0v) is 9.85. The maximum atomic E-state index is 5.78. The molecule has 0 aliphatic rings. The number of hydrogen-bond donors (Lipinski definition) is 0. The van der Waals surface area contributed by atoms with Crippen molar-refractivity contribution >= 4 is 23.8 Å². The molecule has 82 valence electrons. The summed E-state index contributed by atoms with van der Waals surface area (Å²) in [5, 5.41) is 0. The van der Waals surface area contributed by atoms with Gasteiger partial charge in [0.25, 0.3) is 0 Å². The van der Waals surface area contributed by atoms with Gasteiger partial charge in [-0.25, -0.2) is 4.98 Å². The first-order valence-electron chi connectivity index (χ1n) is 5.11. The van der Waals surface area contributed by atoms with Crippen LogP contribution in [0.15, 0.2) is 36.5 Å². The molecule has 16 heavy (non-hydrogen) atoms. The average molecular weight is 233 g/mol. The molecule has 0 spiro atoms. The van der Waals surface area contributed by atoms with E-state index in [-0.39, 0.29) is 0 Å². The SMILES string of the molecule is Cn1c(CCl)cnc1C=Cc1ccccc1. The summed E-state index contributed by atoms with van der Waals surface area (Å²) in [6, 6.07) is 10.2. The van der Waals surface area contributed by atoms with Crippen LogP contribution in [0.5, 0.6) is 0 Å². The molecular formula is C13H13ClN2. The molecular weight excluding hydrogens is 220 g/mol. The maximum Gasteiger partial charge on any atom is 0.132 e. The molecule has 0 aliphatic carbocycles. The number of aromatic nitrogens is 2. The van der Waals surface area contributed by atoms with Crippen LogP contribution in [0, 0.1) is 0 Å². The summed E-state index contributed by atoms with van der Waals surface area (Å²) in [6.07, 6.45) is 5.84. The highest BCUT2D eigenvalue weighted by Crippen LogP contribution is 2.10. The van der Waals surface area contributed by atoms with Gasteiger partial charge in [-0.1, -0.05) is 36.4 Å². The molecule has 1 aromatic carbocycles. The Bertz CT molecular complexity index is 486. The Hall–Kier alpha value is -1.54. The first-order valence-corrected chi connectivity index (χ1v) is 5.64. The minimum absolute atomic E-state index is 0.489. The van der Waals surface area contributed by atoms with E-state index < -0.39 is 0 Å². The van der Waals surface area contributed by atoms with Gasteiger partial charge in [0, 0.05) is 7.05 Å². The average Bonchev–Trinajstić information content (AvgIpc) is 2.69. The summed E-state index contributed by atoms with van der Waals surface area (Å²) >= 11 is 5.78. The lowest BCUT2D eigenvalue weighted by molar-refractivity contribution is 0.853. The topological polar surface area (TPSA) is 17.8 Å². The summed E-state index contributed by atoms with van der Waals surface area (Å²) in [5.41, 5.74) is 2.19. The van der Waals surface area contributed by atoms with Gasteiger partial charge < -0.3 is 4.57 Å². The molecule has 2 rings (SSSR count). The van der Waals surface area contributed by atoms with Crippen LogP contribution in [0.3, 0.4) is 0 Å². The minimum Gasteiger partial charge on any atom is -0.331 e. The van der Waals surface area contributed by atoms with Crippen molar-refractivity contribution in [1.82, 2.24) is 9.55 Å². The maximum absolute atomic E-state index is 5.78. The van der Waals surface area contributed by atoms with Gasteiger partial charge in [-0.15, -0.1) is 11.6 Å². The largest absolute Gasteiger partial charge is 0.331 e. The van der Waals surface area contributed by atoms with Crippen molar-refractivity contribution in [3.63, 3.8) is 0 Å². The molecule has 0 saturated heterocycles.